The van der Waals surface area contributed by atoms with Gasteiger partial charge in [-0.3, -0.25) is 14.2 Å². The Hall–Kier alpha value is -3.62. The van der Waals surface area contributed by atoms with Crippen LogP contribution in [0.2, 0.25) is 0 Å². The number of hydrogen-bond donors (Lipinski definition) is 1. The van der Waals surface area contributed by atoms with E-state index >= 15 is 0 Å². The van der Waals surface area contributed by atoms with Crippen LogP contribution in [0.25, 0.3) is 5.69 Å². The standard InChI is InChI=1S/C18H18N4O5/c1-3-21-17(24)15(16(23)19-11-14-5-4-10-27-14)20-22(18(21)25)12-6-8-13(26-2)9-7-12/h4-10H,3,11H2,1-2H3,(H,19,23). The minimum Gasteiger partial charge on any atom is -0.497 e. The smallest absolute Gasteiger partial charge is 0.352 e. The zero-order chi connectivity index (χ0) is 19.4. The van der Waals surface area contributed by atoms with Crippen molar-refractivity contribution in [1.82, 2.24) is 19.7 Å². The predicted octanol–water partition coefficient (Wildman–Crippen LogP) is 0.946. The van der Waals surface area contributed by atoms with Gasteiger partial charge in [0.05, 0.1) is 25.6 Å². The van der Waals surface area contributed by atoms with Crippen LogP contribution in [0.1, 0.15) is 23.2 Å². The number of ether oxygens (including phenoxy) is 1. The number of hydrogen-bond acceptors (Lipinski definition) is 6. The lowest BCUT2D eigenvalue weighted by Crippen LogP contribution is -2.45. The number of methoxy groups -OCH3 is 1. The molecule has 1 aromatic carbocycles. The fraction of sp³-hybridized carbons (Fsp3) is 0.222. The molecule has 0 aliphatic heterocycles. The third kappa shape index (κ3) is 3.66. The van der Waals surface area contributed by atoms with Crippen LogP contribution < -0.4 is 21.3 Å². The van der Waals surface area contributed by atoms with Gasteiger partial charge in [0.25, 0.3) is 11.5 Å². The lowest BCUT2D eigenvalue weighted by molar-refractivity contribution is 0.0938. The molecule has 0 fully saturated rings. The van der Waals surface area contributed by atoms with Crippen LogP contribution >= 0.6 is 0 Å². The average molecular weight is 370 g/mol. The minimum absolute atomic E-state index is 0.0980. The van der Waals surface area contributed by atoms with Crippen molar-refractivity contribution >= 4 is 5.91 Å². The molecule has 0 aliphatic carbocycles. The third-order valence-corrected chi connectivity index (χ3v) is 3.91. The molecule has 2 heterocycles. The Morgan fingerprint density at radius 3 is 2.56 bits per heavy atom. The van der Waals surface area contributed by atoms with E-state index in [1.54, 1.807) is 43.3 Å². The van der Waals surface area contributed by atoms with Gasteiger partial charge in [0, 0.05) is 6.54 Å². The molecule has 0 unspecified atom stereocenters. The first kappa shape index (κ1) is 18.2. The van der Waals surface area contributed by atoms with E-state index in [1.165, 1.54) is 13.4 Å². The number of rotatable bonds is 6. The van der Waals surface area contributed by atoms with Gasteiger partial charge in [-0.2, -0.15) is 9.78 Å². The Morgan fingerprint density at radius 1 is 1.22 bits per heavy atom. The molecule has 140 valence electrons. The highest BCUT2D eigenvalue weighted by Crippen LogP contribution is 2.12. The molecule has 0 aliphatic rings. The predicted molar refractivity (Wildman–Crippen MR) is 96.2 cm³/mol. The molecule has 1 N–H and O–H groups in total. The Kier molecular flexibility index (Phi) is 5.20. The van der Waals surface area contributed by atoms with Crippen LogP contribution in [0.5, 0.6) is 5.75 Å². The van der Waals surface area contributed by atoms with Crippen LogP contribution in [-0.4, -0.2) is 27.4 Å². The van der Waals surface area contributed by atoms with Crippen molar-refractivity contribution < 1.29 is 13.9 Å². The highest BCUT2D eigenvalue weighted by molar-refractivity contribution is 5.91. The van der Waals surface area contributed by atoms with E-state index in [0.29, 0.717) is 17.2 Å². The molecule has 9 heteroatoms. The van der Waals surface area contributed by atoms with Crippen LogP contribution in [0.3, 0.4) is 0 Å². The second-order valence-electron chi connectivity index (χ2n) is 5.55. The molecule has 0 saturated heterocycles. The van der Waals surface area contributed by atoms with Gasteiger partial charge < -0.3 is 14.5 Å². The summed E-state index contributed by atoms with van der Waals surface area (Å²) in [5.74, 6) is 0.440. The van der Waals surface area contributed by atoms with Gasteiger partial charge >= 0.3 is 5.69 Å². The normalized spacial score (nSPS) is 10.6. The summed E-state index contributed by atoms with van der Waals surface area (Å²) in [6, 6.07) is 9.91. The van der Waals surface area contributed by atoms with Crippen molar-refractivity contribution in [3.05, 3.63) is 75.0 Å². The van der Waals surface area contributed by atoms with Crippen LogP contribution in [0.15, 0.2) is 56.7 Å². The third-order valence-electron chi connectivity index (χ3n) is 3.91. The number of nitrogens with zero attached hydrogens (tertiary/aromatic N) is 3. The van der Waals surface area contributed by atoms with Gasteiger partial charge in [0.2, 0.25) is 5.69 Å². The van der Waals surface area contributed by atoms with Crippen LogP contribution in [-0.2, 0) is 13.1 Å². The number of nitrogens with one attached hydrogen (secondary N) is 1. The summed E-state index contributed by atoms with van der Waals surface area (Å²) < 4.78 is 12.2. The molecule has 2 aromatic heterocycles. The summed E-state index contributed by atoms with van der Waals surface area (Å²) in [6.07, 6.45) is 1.48. The summed E-state index contributed by atoms with van der Waals surface area (Å²) in [5, 5.41) is 6.56. The number of amides is 1. The van der Waals surface area contributed by atoms with E-state index in [1.807, 2.05) is 0 Å². The first-order chi connectivity index (χ1) is 13.0. The molecule has 0 spiro atoms. The number of furan rings is 1. The Bertz CT molecular complexity index is 1050. The Morgan fingerprint density at radius 2 is 1.96 bits per heavy atom. The van der Waals surface area contributed by atoms with Crippen molar-refractivity contribution in [3.8, 4) is 11.4 Å². The monoisotopic (exact) mass is 370 g/mol. The summed E-state index contributed by atoms with van der Waals surface area (Å²) in [7, 11) is 1.53. The topological polar surface area (TPSA) is 108 Å². The fourth-order valence-electron chi connectivity index (χ4n) is 2.49. The molecule has 0 radical (unpaired) electrons. The van der Waals surface area contributed by atoms with Gasteiger partial charge in [-0.05, 0) is 43.3 Å². The van der Waals surface area contributed by atoms with E-state index in [4.69, 9.17) is 9.15 Å². The Balaban J connectivity index is 2.01. The highest BCUT2D eigenvalue weighted by Gasteiger charge is 2.19. The van der Waals surface area contributed by atoms with E-state index in [2.05, 4.69) is 10.4 Å². The van der Waals surface area contributed by atoms with Gasteiger partial charge in [-0.1, -0.05) is 0 Å². The Labute approximate surface area is 153 Å². The van der Waals surface area contributed by atoms with Crippen LogP contribution in [0.4, 0.5) is 0 Å². The minimum atomic E-state index is -0.746. The largest absolute Gasteiger partial charge is 0.497 e. The van der Waals surface area contributed by atoms with Crippen LogP contribution in [0, 0.1) is 0 Å². The molecule has 9 nitrogen and oxygen atoms in total. The fourth-order valence-corrected chi connectivity index (χ4v) is 2.49. The maximum atomic E-state index is 12.6. The quantitative estimate of drug-likeness (QED) is 0.692. The van der Waals surface area contributed by atoms with E-state index in [9.17, 15) is 14.4 Å². The molecule has 0 saturated carbocycles. The molecule has 3 rings (SSSR count). The first-order valence-electron chi connectivity index (χ1n) is 8.24. The molecular formula is C18H18N4O5. The van der Waals surface area contributed by atoms with E-state index in [-0.39, 0.29) is 18.8 Å². The molecule has 0 bridgehead atoms. The number of benzene rings is 1. The van der Waals surface area contributed by atoms with Crippen molar-refractivity contribution in [3.63, 3.8) is 0 Å². The highest BCUT2D eigenvalue weighted by atomic mass is 16.5. The van der Waals surface area contributed by atoms with Crippen molar-refractivity contribution in [2.24, 2.45) is 0 Å². The number of carbonyl (C=O) groups is 1. The lowest BCUT2D eigenvalue weighted by Gasteiger charge is -2.11. The average Bonchev–Trinajstić information content (AvgIpc) is 3.20. The molecular weight excluding hydrogens is 352 g/mol. The van der Waals surface area contributed by atoms with Crippen molar-refractivity contribution in [2.45, 2.75) is 20.0 Å². The lowest BCUT2D eigenvalue weighted by atomic mass is 10.3. The summed E-state index contributed by atoms with van der Waals surface area (Å²) >= 11 is 0. The van der Waals surface area contributed by atoms with Gasteiger partial charge in [-0.15, -0.1) is 0 Å². The maximum absolute atomic E-state index is 12.6. The number of carbonyl (C=O) groups excluding carboxylic acids is 1. The maximum Gasteiger partial charge on any atom is 0.352 e. The molecule has 3 aromatic rings. The zero-order valence-electron chi connectivity index (χ0n) is 14.8. The van der Waals surface area contributed by atoms with E-state index in [0.717, 1.165) is 9.25 Å². The number of aromatic nitrogens is 3. The van der Waals surface area contributed by atoms with Gasteiger partial charge in [-0.25, -0.2) is 4.79 Å². The van der Waals surface area contributed by atoms with Crippen molar-refractivity contribution in [1.29, 1.82) is 0 Å². The molecule has 27 heavy (non-hydrogen) atoms. The van der Waals surface area contributed by atoms with Gasteiger partial charge in [0.1, 0.15) is 11.5 Å². The zero-order valence-corrected chi connectivity index (χ0v) is 14.8. The van der Waals surface area contributed by atoms with E-state index < -0.39 is 17.2 Å². The second-order valence-corrected chi connectivity index (χ2v) is 5.55. The van der Waals surface area contributed by atoms with Gasteiger partial charge in [0.15, 0.2) is 0 Å². The van der Waals surface area contributed by atoms with Crippen molar-refractivity contribution in [2.75, 3.05) is 7.11 Å². The first-order valence-corrected chi connectivity index (χ1v) is 8.24. The molecule has 0 atom stereocenters. The summed E-state index contributed by atoms with van der Waals surface area (Å²) in [5.41, 5.74) is -1.35. The molecule has 1 amide bonds. The SMILES string of the molecule is CCn1c(=O)c(C(=O)NCc2ccco2)nn(-c2ccc(OC)cc2)c1=O. The second kappa shape index (κ2) is 7.73. The summed E-state index contributed by atoms with van der Waals surface area (Å²) in [6.45, 7) is 1.85. The summed E-state index contributed by atoms with van der Waals surface area (Å²) in [4.78, 5) is 37.5.